The Morgan fingerprint density at radius 2 is 1.85 bits per heavy atom. The van der Waals surface area contributed by atoms with Crippen molar-refractivity contribution < 1.29 is 17.3 Å². The lowest BCUT2D eigenvalue weighted by molar-refractivity contribution is -0.596. The van der Waals surface area contributed by atoms with Gasteiger partial charge in [0, 0.05) is 3.57 Å². The molecule has 0 radical (unpaired) electrons. The first kappa shape index (κ1) is 18.2. The number of hydrogen-bond donors (Lipinski definition) is 2. The lowest BCUT2D eigenvalue weighted by atomic mass is 10.1. The van der Waals surface area contributed by atoms with Crippen molar-refractivity contribution in [3.8, 4) is 11.8 Å². The summed E-state index contributed by atoms with van der Waals surface area (Å²) in [6, 6.07) is 13.2. The molecule has 0 spiro atoms. The van der Waals surface area contributed by atoms with E-state index in [1.807, 2.05) is 13.0 Å². The molecule has 0 unspecified atom stereocenters. The van der Waals surface area contributed by atoms with Crippen LogP contribution in [0.2, 0.25) is 0 Å². The molecule has 7 nitrogen and oxygen atoms in total. The highest BCUT2D eigenvalue weighted by Gasteiger charge is 2.27. The number of nitrogens with two attached hydrogens (primary N) is 2. The molecule has 0 aliphatic heterocycles. The van der Waals surface area contributed by atoms with Crippen LogP contribution in [0.3, 0.4) is 0 Å². The van der Waals surface area contributed by atoms with Crippen LogP contribution < -0.4 is 20.4 Å². The second kappa shape index (κ2) is 6.62. The fourth-order valence-corrected chi connectivity index (χ4v) is 3.91. The second-order valence-electron chi connectivity index (χ2n) is 5.58. The third-order valence-electron chi connectivity index (χ3n) is 3.82. The van der Waals surface area contributed by atoms with Crippen LogP contribution in [-0.4, -0.2) is 8.42 Å². The molecular weight excluding hydrogens is 467 g/mol. The Labute approximate surface area is 164 Å². The molecular formula is C17H14IN4O3S+. The van der Waals surface area contributed by atoms with Gasteiger partial charge in [0.05, 0.1) is 5.39 Å². The predicted molar refractivity (Wildman–Crippen MR) is 105 cm³/mol. The first-order valence-corrected chi connectivity index (χ1v) is 9.86. The molecule has 1 heterocycles. The summed E-state index contributed by atoms with van der Waals surface area (Å²) in [6.07, 6.45) is 0. The molecule has 0 bridgehead atoms. The summed E-state index contributed by atoms with van der Waals surface area (Å²) in [5.74, 6) is 5.71. The van der Waals surface area contributed by atoms with Crippen molar-refractivity contribution in [1.29, 1.82) is 5.26 Å². The van der Waals surface area contributed by atoms with Crippen molar-refractivity contribution >= 4 is 49.4 Å². The molecule has 0 aliphatic carbocycles. The molecule has 0 saturated heterocycles. The van der Waals surface area contributed by atoms with Crippen molar-refractivity contribution in [3.05, 3.63) is 57.2 Å². The Bertz CT molecular complexity index is 1170. The van der Waals surface area contributed by atoms with E-state index in [-0.39, 0.29) is 22.0 Å². The van der Waals surface area contributed by atoms with E-state index in [9.17, 15) is 13.7 Å². The van der Waals surface area contributed by atoms with Gasteiger partial charge in [-0.15, -0.1) is 4.68 Å². The first-order valence-electron chi connectivity index (χ1n) is 7.37. The molecule has 3 aromatic rings. The summed E-state index contributed by atoms with van der Waals surface area (Å²) >= 11 is 2.07. The molecule has 132 valence electrons. The minimum atomic E-state index is -4.16. The highest BCUT2D eigenvalue weighted by Crippen LogP contribution is 2.33. The number of nitriles is 1. The molecule has 1 aromatic heterocycles. The summed E-state index contributed by atoms with van der Waals surface area (Å²) in [7, 11) is -4.16. The predicted octanol–water partition coefficient (Wildman–Crippen LogP) is 1.98. The Morgan fingerprint density at radius 3 is 2.46 bits per heavy atom. The molecule has 0 saturated carbocycles. The average molecular weight is 481 g/mol. The van der Waals surface area contributed by atoms with Gasteiger partial charge in [0.15, 0.2) is 16.8 Å². The van der Waals surface area contributed by atoms with Crippen LogP contribution >= 0.6 is 22.6 Å². The largest absolute Gasteiger partial charge is 0.376 e. The van der Waals surface area contributed by atoms with E-state index in [4.69, 9.17) is 15.8 Å². The van der Waals surface area contributed by atoms with Crippen molar-refractivity contribution in [2.75, 3.05) is 11.6 Å². The van der Waals surface area contributed by atoms with Crippen molar-refractivity contribution in [3.63, 3.8) is 0 Å². The van der Waals surface area contributed by atoms with E-state index >= 15 is 0 Å². The molecule has 0 amide bonds. The van der Waals surface area contributed by atoms with E-state index in [0.29, 0.717) is 10.9 Å². The smallest absolute Gasteiger partial charge is 0.339 e. The van der Waals surface area contributed by atoms with Gasteiger partial charge in [-0.05, 0) is 59.8 Å². The number of halogens is 1. The monoisotopic (exact) mass is 481 g/mol. The van der Waals surface area contributed by atoms with E-state index in [1.165, 1.54) is 12.1 Å². The molecule has 0 atom stereocenters. The van der Waals surface area contributed by atoms with Gasteiger partial charge in [0.1, 0.15) is 11.0 Å². The van der Waals surface area contributed by atoms with Crippen molar-refractivity contribution in [2.45, 2.75) is 11.8 Å². The Kier molecular flexibility index (Phi) is 4.64. The standard InChI is InChI=1S/C17H13IN4O3S/c1-10-2-5-12(6-3-10)26(23,24)25-16-13-8-11(18)4-7-15(13)22(21)17(20)14(16)9-19/h2-8,20H,21H2,1H3/p+1. The maximum Gasteiger partial charge on any atom is 0.339 e. The summed E-state index contributed by atoms with van der Waals surface area (Å²) in [4.78, 5) is -0.0196. The Hall–Kier alpha value is -2.58. The maximum atomic E-state index is 12.7. The number of hydrogen-bond acceptors (Lipinski definition) is 6. The van der Waals surface area contributed by atoms with Gasteiger partial charge in [-0.2, -0.15) is 13.7 Å². The van der Waals surface area contributed by atoms with Crippen molar-refractivity contribution in [2.24, 2.45) is 0 Å². The highest BCUT2D eigenvalue weighted by molar-refractivity contribution is 14.1. The quantitative estimate of drug-likeness (QED) is 0.255. The molecule has 2 aromatic carbocycles. The summed E-state index contributed by atoms with van der Waals surface area (Å²) in [6.45, 7) is 1.85. The summed E-state index contributed by atoms with van der Waals surface area (Å²) < 4.78 is 32.7. The van der Waals surface area contributed by atoms with Gasteiger partial charge in [0.2, 0.25) is 0 Å². The number of rotatable bonds is 3. The van der Waals surface area contributed by atoms with Gasteiger partial charge < -0.3 is 4.18 Å². The normalized spacial score (nSPS) is 11.3. The van der Waals surface area contributed by atoms with Gasteiger partial charge in [-0.3, -0.25) is 11.6 Å². The molecule has 3 rings (SSSR count). The number of aromatic nitrogens is 1. The first-order chi connectivity index (χ1) is 12.2. The minimum absolute atomic E-state index is 0.0196. The number of pyridine rings is 1. The topological polar surface area (TPSA) is 123 Å². The minimum Gasteiger partial charge on any atom is -0.376 e. The lowest BCUT2D eigenvalue weighted by Crippen LogP contribution is -2.48. The zero-order valence-electron chi connectivity index (χ0n) is 13.6. The molecule has 26 heavy (non-hydrogen) atoms. The van der Waals surface area contributed by atoms with Gasteiger partial charge in [0.25, 0.3) is 0 Å². The fourth-order valence-electron chi connectivity index (χ4n) is 2.46. The number of benzene rings is 2. The van der Waals surface area contributed by atoms with Crippen LogP contribution in [0.1, 0.15) is 11.1 Å². The van der Waals surface area contributed by atoms with E-state index in [2.05, 4.69) is 22.6 Å². The maximum absolute atomic E-state index is 12.7. The highest BCUT2D eigenvalue weighted by atomic mass is 127. The zero-order chi connectivity index (χ0) is 19.1. The number of fused-ring (bicyclic) bond motifs is 1. The van der Waals surface area contributed by atoms with E-state index in [0.717, 1.165) is 13.8 Å². The molecule has 0 aliphatic rings. The van der Waals surface area contributed by atoms with Crippen LogP contribution in [0.25, 0.3) is 10.9 Å². The van der Waals surface area contributed by atoms with E-state index in [1.54, 1.807) is 30.3 Å². The van der Waals surface area contributed by atoms with Crippen LogP contribution in [0, 0.1) is 21.8 Å². The molecule has 4 N–H and O–H groups in total. The van der Waals surface area contributed by atoms with Gasteiger partial charge in [-0.1, -0.05) is 17.7 Å². The third kappa shape index (κ3) is 3.13. The van der Waals surface area contributed by atoms with Crippen LogP contribution in [0.5, 0.6) is 5.75 Å². The zero-order valence-corrected chi connectivity index (χ0v) is 16.6. The number of anilines is 1. The molecule has 9 heteroatoms. The number of nitrogens with zero attached hydrogens (tertiary/aromatic N) is 2. The Morgan fingerprint density at radius 1 is 1.19 bits per heavy atom. The third-order valence-corrected chi connectivity index (χ3v) is 5.73. The van der Waals surface area contributed by atoms with Gasteiger partial charge in [-0.25, -0.2) is 0 Å². The second-order valence-corrected chi connectivity index (χ2v) is 8.38. The SMILES string of the molecule is Cc1ccc(S(=O)(=O)Oc2c(C#N)c(N)[n+](N)c3ccc(I)cc23)cc1. The number of aryl methyl sites for hydroxylation is 1. The van der Waals surface area contributed by atoms with Crippen molar-refractivity contribution in [1.82, 2.24) is 0 Å². The summed E-state index contributed by atoms with van der Waals surface area (Å²) in [5, 5.41) is 9.86. The van der Waals surface area contributed by atoms with Crippen LogP contribution in [-0.2, 0) is 10.1 Å². The van der Waals surface area contributed by atoms with E-state index < -0.39 is 10.1 Å². The van der Waals surface area contributed by atoms with Gasteiger partial charge >= 0.3 is 15.9 Å². The lowest BCUT2D eigenvalue weighted by Gasteiger charge is -2.12. The van der Waals surface area contributed by atoms with Crippen LogP contribution in [0.4, 0.5) is 5.82 Å². The molecule has 0 fully saturated rings. The summed E-state index contributed by atoms with van der Waals surface area (Å²) in [5.41, 5.74) is 7.13. The Balaban J connectivity index is 2.27. The fraction of sp³-hybridized carbons (Fsp3) is 0.0588. The number of nitrogen functional groups attached to an aromatic ring is 2. The van der Waals surface area contributed by atoms with Crippen LogP contribution in [0.15, 0.2) is 47.4 Å². The average Bonchev–Trinajstić information content (AvgIpc) is 2.60.